The first-order valence-corrected chi connectivity index (χ1v) is 10.5. The van der Waals surface area contributed by atoms with Gasteiger partial charge in [-0.25, -0.2) is 4.39 Å². The Morgan fingerprint density at radius 3 is 2.72 bits per heavy atom. The Bertz CT molecular complexity index is 1270. The van der Waals surface area contributed by atoms with E-state index in [0.717, 1.165) is 0 Å². The third-order valence-corrected chi connectivity index (χ3v) is 5.43. The van der Waals surface area contributed by atoms with Gasteiger partial charge in [0.1, 0.15) is 34.0 Å². The van der Waals surface area contributed by atoms with Gasteiger partial charge in [-0.3, -0.25) is 9.48 Å². The number of amides is 1. The number of aromatic nitrogens is 2. The van der Waals surface area contributed by atoms with Crippen molar-refractivity contribution in [2.24, 2.45) is 0 Å². The molecule has 10 heteroatoms. The van der Waals surface area contributed by atoms with E-state index in [1.54, 1.807) is 36.4 Å². The van der Waals surface area contributed by atoms with Crippen LogP contribution in [0.4, 0.5) is 10.2 Å². The lowest BCUT2D eigenvalue weighted by Crippen LogP contribution is -2.12. The molecule has 164 valence electrons. The summed E-state index contributed by atoms with van der Waals surface area (Å²) in [5, 5.41) is 7.74. The Morgan fingerprint density at radius 2 is 1.91 bits per heavy atom. The van der Waals surface area contributed by atoms with E-state index in [9.17, 15) is 9.18 Å². The number of hydrogen-bond donors (Lipinski definition) is 1. The van der Waals surface area contributed by atoms with E-state index in [2.05, 4.69) is 10.4 Å². The van der Waals surface area contributed by atoms with Gasteiger partial charge < -0.3 is 14.5 Å². The Balaban J connectivity index is 1.39. The molecule has 0 atom stereocenters. The molecule has 4 aromatic rings. The van der Waals surface area contributed by atoms with Gasteiger partial charge in [-0.05, 0) is 42.0 Å². The monoisotopic (exact) mass is 493 g/mol. The summed E-state index contributed by atoms with van der Waals surface area (Å²) in [5.74, 6) is 0.148. The highest BCUT2D eigenvalue weighted by molar-refractivity contribution is 6.42. The Kier molecular flexibility index (Phi) is 6.69. The molecule has 2 heterocycles. The van der Waals surface area contributed by atoms with Crippen molar-refractivity contribution in [1.82, 2.24) is 9.78 Å². The van der Waals surface area contributed by atoms with E-state index < -0.39 is 5.91 Å². The van der Waals surface area contributed by atoms with E-state index in [4.69, 9.17) is 44.0 Å². The van der Waals surface area contributed by atoms with Gasteiger partial charge in [0.15, 0.2) is 11.6 Å². The Hall–Kier alpha value is -3.00. The van der Waals surface area contributed by atoms with Crippen molar-refractivity contribution >= 4 is 46.5 Å². The fourth-order valence-corrected chi connectivity index (χ4v) is 3.42. The maximum atomic E-state index is 13.4. The van der Waals surface area contributed by atoms with Gasteiger partial charge >= 0.3 is 0 Å². The van der Waals surface area contributed by atoms with Crippen molar-refractivity contribution in [1.29, 1.82) is 0 Å². The number of rotatable bonds is 7. The average Bonchev–Trinajstić information content (AvgIpc) is 3.36. The molecule has 6 nitrogen and oxygen atoms in total. The third-order valence-electron chi connectivity index (χ3n) is 4.35. The van der Waals surface area contributed by atoms with Crippen molar-refractivity contribution in [2.75, 3.05) is 5.32 Å². The maximum Gasteiger partial charge on any atom is 0.292 e. The lowest BCUT2D eigenvalue weighted by molar-refractivity contribution is 0.0992. The van der Waals surface area contributed by atoms with Crippen LogP contribution in [0, 0.1) is 5.82 Å². The molecule has 0 saturated carbocycles. The molecule has 0 radical (unpaired) electrons. The molecule has 0 saturated heterocycles. The van der Waals surface area contributed by atoms with Crippen LogP contribution in [0.1, 0.15) is 21.9 Å². The molecule has 1 N–H and O–H groups in total. The van der Waals surface area contributed by atoms with E-state index in [-0.39, 0.29) is 29.0 Å². The summed E-state index contributed by atoms with van der Waals surface area (Å²) in [7, 11) is 0. The highest BCUT2D eigenvalue weighted by Crippen LogP contribution is 2.32. The van der Waals surface area contributed by atoms with Crippen LogP contribution in [0.15, 0.2) is 65.2 Å². The summed E-state index contributed by atoms with van der Waals surface area (Å²) < 4.78 is 26.0. The largest absolute Gasteiger partial charge is 0.484 e. The minimum Gasteiger partial charge on any atom is -0.484 e. The van der Waals surface area contributed by atoms with Crippen LogP contribution in [-0.2, 0) is 13.2 Å². The second kappa shape index (κ2) is 9.65. The second-order valence-electron chi connectivity index (χ2n) is 6.71. The van der Waals surface area contributed by atoms with E-state index in [0.29, 0.717) is 33.7 Å². The van der Waals surface area contributed by atoms with Gasteiger partial charge in [0, 0.05) is 6.20 Å². The quantitative estimate of drug-likeness (QED) is 0.320. The lowest BCUT2D eigenvalue weighted by atomic mass is 10.2. The lowest BCUT2D eigenvalue weighted by Gasteiger charge is -2.07. The van der Waals surface area contributed by atoms with Crippen LogP contribution in [0.2, 0.25) is 15.1 Å². The van der Waals surface area contributed by atoms with Gasteiger partial charge in [0.25, 0.3) is 5.91 Å². The van der Waals surface area contributed by atoms with Gasteiger partial charge in [-0.1, -0.05) is 53.0 Å². The van der Waals surface area contributed by atoms with Gasteiger partial charge in [0.05, 0.1) is 11.6 Å². The van der Waals surface area contributed by atoms with Crippen LogP contribution in [0.5, 0.6) is 5.75 Å². The highest BCUT2D eigenvalue weighted by atomic mass is 35.5. The first-order valence-electron chi connectivity index (χ1n) is 9.33. The molecule has 2 aromatic heterocycles. The summed E-state index contributed by atoms with van der Waals surface area (Å²) in [6.07, 6.45) is 1.54. The number of anilines is 1. The Labute approximate surface area is 197 Å². The predicted molar refractivity (Wildman–Crippen MR) is 120 cm³/mol. The fraction of sp³-hybridized carbons (Fsp3) is 0.0909. The standard InChI is InChI=1S/C22H15Cl3FN3O3/c23-16-5-2-6-18(20(16)25)31-12-15-7-8-19(32-15)22(30)27-21-17(24)11-29(28-21)10-13-3-1-4-14(26)9-13/h1-9,11H,10,12H2,(H,27,28,30). The van der Waals surface area contributed by atoms with Crippen molar-refractivity contribution in [3.8, 4) is 5.75 Å². The molecular weight excluding hydrogens is 480 g/mol. The van der Waals surface area contributed by atoms with Crippen LogP contribution in [0.3, 0.4) is 0 Å². The van der Waals surface area contributed by atoms with Crippen LogP contribution >= 0.6 is 34.8 Å². The second-order valence-corrected chi connectivity index (χ2v) is 7.91. The van der Waals surface area contributed by atoms with E-state index in [1.165, 1.54) is 29.1 Å². The fourth-order valence-electron chi connectivity index (χ4n) is 2.88. The summed E-state index contributed by atoms with van der Waals surface area (Å²) in [6, 6.07) is 14.3. The number of carbonyl (C=O) groups excluding carboxylic acids is 1. The normalized spacial score (nSPS) is 10.9. The SMILES string of the molecule is O=C(Nc1nn(Cc2cccc(F)c2)cc1Cl)c1ccc(COc2cccc(Cl)c2Cl)o1. The minimum absolute atomic E-state index is 0.0519. The molecule has 2 aromatic carbocycles. The van der Waals surface area contributed by atoms with Gasteiger partial charge in [-0.15, -0.1) is 0 Å². The molecule has 1 amide bonds. The van der Waals surface area contributed by atoms with Crippen LogP contribution in [0.25, 0.3) is 0 Å². The zero-order valence-corrected chi connectivity index (χ0v) is 18.6. The van der Waals surface area contributed by atoms with Gasteiger partial charge in [-0.2, -0.15) is 5.10 Å². The number of nitrogens with one attached hydrogen (secondary N) is 1. The first-order chi connectivity index (χ1) is 15.4. The molecular formula is C22H15Cl3FN3O3. The molecule has 0 aliphatic carbocycles. The van der Waals surface area contributed by atoms with Crippen LogP contribution < -0.4 is 10.1 Å². The smallest absolute Gasteiger partial charge is 0.292 e. The number of carbonyl (C=O) groups is 1. The molecule has 32 heavy (non-hydrogen) atoms. The molecule has 0 spiro atoms. The number of ether oxygens (including phenoxy) is 1. The molecule has 0 aliphatic rings. The average molecular weight is 495 g/mol. The van der Waals surface area contributed by atoms with Crippen molar-refractivity contribution < 1.29 is 18.3 Å². The predicted octanol–water partition coefficient (Wildman–Crippen LogP) is 6.46. The number of furan rings is 1. The minimum atomic E-state index is -0.532. The van der Waals surface area contributed by atoms with Crippen molar-refractivity contribution in [2.45, 2.75) is 13.2 Å². The topological polar surface area (TPSA) is 69.3 Å². The number of hydrogen-bond acceptors (Lipinski definition) is 4. The zero-order valence-electron chi connectivity index (χ0n) is 16.3. The van der Waals surface area contributed by atoms with E-state index in [1.807, 2.05) is 0 Å². The number of halogens is 4. The summed E-state index contributed by atoms with van der Waals surface area (Å²) in [4.78, 5) is 12.5. The zero-order chi connectivity index (χ0) is 22.7. The van der Waals surface area contributed by atoms with Crippen LogP contribution in [-0.4, -0.2) is 15.7 Å². The first kappa shape index (κ1) is 22.2. The number of nitrogens with zero attached hydrogens (tertiary/aromatic N) is 2. The third kappa shape index (κ3) is 5.24. The molecule has 4 rings (SSSR count). The molecule has 0 fully saturated rings. The summed E-state index contributed by atoms with van der Waals surface area (Å²) in [6.45, 7) is 0.345. The molecule has 0 bridgehead atoms. The number of benzene rings is 2. The molecule has 0 unspecified atom stereocenters. The Morgan fingerprint density at radius 1 is 1.09 bits per heavy atom. The van der Waals surface area contributed by atoms with E-state index >= 15 is 0 Å². The highest BCUT2D eigenvalue weighted by Gasteiger charge is 2.16. The molecule has 0 aliphatic heterocycles. The summed E-state index contributed by atoms with van der Waals surface area (Å²) >= 11 is 18.2. The van der Waals surface area contributed by atoms with Gasteiger partial charge in [0.2, 0.25) is 0 Å². The van der Waals surface area contributed by atoms with Crippen molar-refractivity contribution in [3.63, 3.8) is 0 Å². The summed E-state index contributed by atoms with van der Waals surface area (Å²) in [5.41, 5.74) is 0.706. The van der Waals surface area contributed by atoms with Crippen molar-refractivity contribution in [3.05, 3.63) is 98.8 Å². The maximum absolute atomic E-state index is 13.4.